The van der Waals surface area contributed by atoms with Crippen LogP contribution in [0.2, 0.25) is 0 Å². The molecule has 102 valence electrons. The van der Waals surface area contributed by atoms with Crippen LogP contribution in [0, 0.1) is 0 Å². The van der Waals surface area contributed by atoms with E-state index >= 15 is 0 Å². The van der Waals surface area contributed by atoms with Crippen LogP contribution in [0.15, 0.2) is 6.07 Å². The topological polar surface area (TPSA) is 75.3 Å². The van der Waals surface area contributed by atoms with Crippen molar-refractivity contribution in [1.82, 2.24) is 14.9 Å². The second-order valence-electron chi connectivity index (χ2n) is 5.15. The second kappa shape index (κ2) is 4.68. The molecule has 0 saturated carbocycles. The monoisotopic (exact) mass is 261 g/mol. The Morgan fingerprint density at radius 2 is 2.26 bits per heavy atom. The zero-order valence-electron chi connectivity index (χ0n) is 11.2. The molecule has 2 aliphatic heterocycles. The first-order valence-corrected chi connectivity index (χ1v) is 6.85. The van der Waals surface area contributed by atoms with Gasteiger partial charge in [-0.1, -0.05) is 6.92 Å². The third kappa shape index (κ3) is 2.22. The average Bonchev–Trinajstić information content (AvgIpc) is 2.79. The van der Waals surface area contributed by atoms with E-state index in [1.807, 2.05) is 17.9 Å². The summed E-state index contributed by atoms with van der Waals surface area (Å²) >= 11 is 0. The minimum Gasteiger partial charge on any atom is -0.384 e. The van der Waals surface area contributed by atoms with Crippen LogP contribution in [-0.2, 0) is 11.2 Å². The van der Waals surface area contributed by atoms with Crippen molar-refractivity contribution in [1.29, 1.82) is 0 Å². The lowest BCUT2D eigenvalue weighted by molar-refractivity contribution is -0.129. The largest absolute Gasteiger partial charge is 0.384 e. The van der Waals surface area contributed by atoms with Crippen molar-refractivity contribution in [2.24, 2.45) is 0 Å². The van der Waals surface area contributed by atoms with E-state index in [9.17, 15) is 4.79 Å². The van der Waals surface area contributed by atoms with Crippen LogP contribution in [0.3, 0.4) is 0 Å². The molecule has 6 heteroatoms. The van der Waals surface area contributed by atoms with E-state index in [-0.39, 0.29) is 0 Å². The van der Waals surface area contributed by atoms with Crippen LogP contribution in [0.25, 0.3) is 0 Å². The molecule has 1 aromatic rings. The molecular formula is C13H19N5O. The molecule has 0 spiro atoms. The molecule has 0 radical (unpaired) electrons. The van der Waals surface area contributed by atoms with E-state index in [1.54, 1.807) is 0 Å². The van der Waals surface area contributed by atoms with Gasteiger partial charge in [0.1, 0.15) is 17.5 Å². The molecular weight excluding hydrogens is 242 g/mol. The Morgan fingerprint density at radius 1 is 1.42 bits per heavy atom. The minimum absolute atomic E-state index is 0.293. The van der Waals surface area contributed by atoms with Crippen LogP contribution in [-0.4, -0.2) is 46.5 Å². The molecule has 6 nitrogen and oxygen atoms in total. The number of amides is 1. The van der Waals surface area contributed by atoms with E-state index in [0.29, 0.717) is 24.2 Å². The molecule has 2 saturated heterocycles. The molecule has 3 rings (SSSR count). The fourth-order valence-electron chi connectivity index (χ4n) is 2.90. The zero-order chi connectivity index (χ0) is 13.4. The Labute approximate surface area is 112 Å². The number of rotatable bonds is 2. The van der Waals surface area contributed by atoms with Crippen molar-refractivity contribution >= 4 is 17.5 Å². The Morgan fingerprint density at radius 3 is 3.05 bits per heavy atom. The van der Waals surface area contributed by atoms with Gasteiger partial charge in [-0.3, -0.25) is 4.79 Å². The quantitative estimate of drug-likeness (QED) is 0.835. The summed E-state index contributed by atoms with van der Waals surface area (Å²) in [5.41, 5.74) is 5.83. The van der Waals surface area contributed by atoms with Crippen LogP contribution in [0.1, 0.15) is 25.6 Å². The zero-order valence-corrected chi connectivity index (χ0v) is 11.2. The third-order valence-corrected chi connectivity index (χ3v) is 3.91. The minimum atomic E-state index is 0.293. The van der Waals surface area contributed by atoms with Gasteiger partial charge in [-0.15, -0.1) is 0 Å². The van der Waals surface area contributed by atoms with Gasteiger partial charge in [0.05, 0.1) is 0 Å². The first-order valence-electron chi connectivity index (χ1n) is 6.85. The Balaban J connectivity index is 1.80. The van der Waals surface area contributed by atoms with Crippen LogP contribution < -0.4 is 10.6 Å². The lowest BCUT2D eigenvalue weighted by atomic mass is 10.1. The van der Waals surface area contributed by atoms with E-state index < -0.39 is 0 Å². The number of carbonyl (C=O) groups excluding carboxylic acids is 1. The van der Waals surface area contributed by atoms with E-state index in [2.05, 4.69) is 14.9 Å². The number of aromatic nitrogens is 2. The van der Waals surface area contributed by atoms with Crippen LogP contribution in [0.5, 0.6) is 0 Å². The maximum absolute atomic E-state index is 11.7. The highest BCUT2D eigenvalue weighted by Gasteiger charge is 2.35. The molecule has 1 unspecified atom stereocenters. The summed E-state index contributed by atoms with van der Waals surface area (Å²) in [7, 11) is 0. The highest BCUT2D eigenvalue weighted by molar-refractivity contribution is 5.79. The maximum Gasteiger partial charge on any atom is 0.223 e. The van der Waals surface area contributed by atoms with Crippen molar-refractivity contribution in [3.63, 3.8) is 0 Å². The van der Waals surface area contributed by atoms with Crippen LogP contribution >= 0.6 is 0 Å². The Bertz CT molecular complexity index is 504. The number of piperazine rings is 1. The SMILES string of the molecule is CCc1nc(N)cc(N2CCN3C(=O)CCC3C2)n1. The maximum atomic E-state index is 11.7. The molecule has 2 fully saturated rings. The van der Waals surface area contributed by atoms with E-state index in [4.69, 9.17) is 5.73 Å². The predicted octanol–water partition coefficient (Wildman–Crippen LogP) is 0.432. The molecule has 2 N–H and O–H groups in total. The number of carbonyl (C=O) groups is 1. The molecule has 0 aromatic carbocycles. The van der Waals surface area contributed by atoms with Crippen molar-refractivity contribution in [3.05, 3.63) is 11.9 Å². The Hall–Kier alpha value is -1.85. The highest BCUT2D eigenvalue weighted by atomic mass is 16.2. The molecule has 0 bridgehead atoms. The molecule has 1 atom stereocenters. The molecule has 1 amide bonds. The number of nitrogens with zero attached hydrogens (tertiary/aromatic N) is 4. The highest BCUT2D eigenvalue weighted by Crippen LogP contribution is 2.26. The van der Waals surface area contributed by atoms with Gasteiger partial charge >= 0.3 is 0 Å². The number of anilines is 2. The molecule has 3 heterocycles. The predicted molar refractivity (Wildman–Crippen MR) is 72.8 cm³/mol. The van der Waals surface area contributed by atoms with Gasteiger partial charge in [0.15, 0.2) is 0 Å². The number of fused-ring (bicyclic) bond motifs is 1. The van der Waals surface area contributed by atoms with Crippen molar-refractivity contribution in [2.45, 2.75) is 32.2 Å². The first kappa shape index (κ1) is 12.2. The van der Waals surface area contributed by atoms with Gasteiger partial charge in [0, 0.05) is 44.6 Å². The fourth-order valence-corrected chi connectivity index (χ4v) is 2.90. The summed E-state index contributed by atoms with van der Waals surface area (Å²) in [6.07, 6.45) is 2.42. The summed E-state index contributed by atoms with van der Waals surface area (Å²) in [6, 6.07) is 2.16. The standard InChI is InChI=1S/C13H19N5O/c1-2-11-15-10(14)7-12(16-11)17-5-6-18-9(8-17)3-4-13(18)19/h7,9H,2-6,8H2,1H3,(H2,14,15,16). The number of hydrogen-bond acceptors (Lipinski definition) is 5. The molecule has 2 aliphatic rings. The lowest BCUT2D eigenvalue weighted by Gasteiger charge is -2.38. The number of hydrogen-bond donors (Lipinski definition) is 1. The van der Waals surface area contributed by atoms with Crippen molar-refractivity contribution in [3.8, 4) is 0 Å². The van der Waals surface area contributed by atoms with Gasteiger partial charge in [0.25, 0.3) is 0 Å². The van der Waals surface area contributed by atoms with Gasteiger partial charge in [-0.2, -0.15) is 0 Å². The average molecular weight is 261 g/mol. The number of aryl methyl sites for hydroxylation is 1. The van der Waals surface area contributed by atoms with Crippen LogP contribution in [0.4, 0.5) is 11.6 Å². The smallest absolute Gasteiger partial charge is 0.223 e. The Kier molecular flexibility index (Phi) is 3.00. The molecule has 1 aromatic heterocycles. The normalized spacial score (nSPS) is 22.8. The third-order valence-electron chi connectivity index (χ3n) is 3.91. The second-order valence-corrected chi connectivity index (χ2v) is 5.15. The van der Waals surface area contributed by atoms with Crippen molar-refractivity contribution in [2.75, 3.05) is 30.3 Å². The molecule has 19 heavy (non-hydrogen) atoms. The van der Waals surface area contributed by atoms with E-state index in [1.165, 1.54) is 0 Å². The lowest BCUT2D eigenvalue weighted by Crippen LogP contribution is -2.51. The summed E-state index contributed by atoms with van der Waals surface area (Å²) in [6.45, 7) is 4.48. The van der Waals surface area contributed by atoms with Gasteiger partial charge < -0.3 is 15.5 Å². The van der Waals surface area contributed by atoms with Gasteiger partial charge in [-0.05, 0) is 6.42 Å². The number of nitrogen functional groups attached to an aromatic ring is 1. The first-order chi connectivity index (χ1) is 9.17. The number of nitrogens with two attached hydrogens (primary N) is 1. The van der Waals surface area contributed by atoms with Gasteiger partial charge in [0.2, 0.25) is 5.91 Å². The summed E-state index contributed by atoms with van der Waals surface area (Å²) < 4.78 is 0. The molecule has 0 aliphatic carbocycles. The summed E-state index contributed by atoms with van der Waals surface area (Å²) in [4.78, 5) is 24.6. The summed E-state index contributed by atoms with van der Waals surface area (Å²) in [5, 5.41) is 0. The fraction of sp³-hybridized carbons (Fsp3) is 0.615. The summed E-state index contributed by atoms with van der Waals surface area (Å²) in [5.74, 6) is 2.48. The van der Waals surface area contributed by atoms with E-state index in [0.717, 1.165) is 44.1 Å². The van der Waals surface area contributed by atoms with Gasteiger partial charge in [-0.25, -0.2) is 9.97 Å². The van der Waals surface area contributed by atoms with Crippen molar-refractivity contribution < 1.29 is 4.79 Å².